The summed E-state index contributed by atoms with van der Waals surface area (Å²) in [6, 6.07) is 0. The van der Waals surface area contributed by atoms with Gasteiger partial charge in [-0.2, -0.15) is 0 Å². The minimum Gasteiger partial charge on any atom is -0.481 e. The van der Waals surface area contributed by atoms with Crippen molar-refractivity contribution in [1.29, 1.82) is 0 Å². The smallest absolute Gasteiger partial charge is 0.389 e. The largest absolute Gasteiger partial charge is 0.481 e. The Kier molecular flexibility index (Phi) is 2.56. The normalized spacial score (nSPS) is 15.7. The first-order chi connectivity index (χ1) is 4.36. The maximum absolute atomic E-state index is 10.3. The molecule has 7 heteroatoms. The molecule has 6 nitrogen and oxygen atoms in total. The summed E-state index contributed by atoms with van der Waals surface area (Å²) in [7, 11) is -4.50. The van der Waals surface area contributed by atoms with Gasteiger partial charge in [0.05, 0.1) is 0 Å². The van der Waals surface area contributed by atoms with E-state index in [4.69, 9.17) is 15.1 Å². The second kappa shape index (κ2) is 2.81. The zero-order chi connectivity index (χ0) is 8.36. The molecule has 0 radical (unpaired) electrons. The maximum Gasteiger partial charge on any atom is 0.389 e. The first-order valence-electron chi connectivity index (χ1n) is 2.13. The highest BCUT2D eigenvalue weighted by atomic mass is 31.2. The number of carbonyl (C=O) groups is 2. The highest BCUT2D eigenvalue weighted by Gasteiger charge is 2.31. The van der Waals surface area contributed by atoms with Gasteiger partial charge in [-0.15, -0.1) is 0 Å². The number of rotatable bonds is 3. The van der Waals surface area contributed by atoms with E-state index in [0.29, 0.717) is 0 Å². The number of hydrogen-bond acceptors (Lipinski definition) is 3. The van der Waals surface area contributed by atoms with E-state index in [0.717, 1.165) is 0 Å². The van der Waals surface area contributed by atoms with Crippen molar-refractivity contribution < 1.29 is 29.3 Å². The lowest BCUT2D eigenvalue weighted by Crippen LogP contribution is -2.08. The van der Waals surface area contributed by atoms with E-state index in [1.54, 1.807) is 0 Å². The number of hydrogen-bond donors (Lipinski definition) is 3. The molecule has 0 amide bonds. The molecule has 0 aromatic rings. The first kappa shape index (κ1) is 9.13. The fraction of sp³-hybridized carbons (Fsp3) is 0.333. The van der Waals surface area contributed by atoms with Crippen LogP contribution in [0.1, 0.15) is 0 Å². The number of carboxylic acid groups (broad SMARTS) is 2. The summed E-state index contributed by atoms with van der Waals surface area (Å²) in [6.45, 7) is 0. The van der Waals surface area contributed by atoms with Gasteiger partial charge in [0, 0.05) is 0 Å². The van der Waals surface area contributed by atoms with Gasteiger partial charge >= 0.3 is 19.0 Å². The summed E-state index contributed by atoms with van der Waals surface area (Å²) >= 11 is 0. The third-order valence-electron chi connectivity index (χ3n) is 0.648. The molecule has 0 fully saturated rings. The summed E-state index contributed by atoms with van der Waals surface area (Å²) in [5, 5.41) is 15.8. The van der Waals surface area contributed by atoms with Crippen LogP contribution in [0.4, 0.5) is 4.79 Å². The Morgan fingerprint density at radius 3 is 1.80 bits per heavy atom. The summed E-state index contributed by atoms with van der Waals surface area (Å²) in [5.41, 5.74) is -1.98. The van der Waals surface area contributed by atoms with Gasteiger partial charge in [0.15, 0.2) is 0 Å². The van der Waals surface area contributed by atoms with Crippen LogP contribution in [0.3, 0.4) is 0 Å². The Labute approximate surface area is 55.6 Å². The number of aliphatic carboxylic acids is 1. The van der Waals surface area contributed by atoms with Crippen molar-refractivity contribution in [2.45, 2.75) is 0 Å². The molecule has 1 unspecified atom stereocenters. The van der Waals surface area contributed by atoms with Crippen molar-refractivity contribution in [2.75, 3.05) is 6.16 Å². The van der Waals surface area contributed by atoms with Crippen molar-refractivity contribution in [3.05, 3.63) is 0 Å². The SMILES string of the molecule is O=C(O)CP(=O)(O)C(=O)O. The zero-order valence-electron chi connectivity index (χ0n) is 4.72. The van der Waals surface area contributed by atoms with E-state index in [1.165, 1.54) is 0 Å². The number of carboxylic acids is 1. The lowest BCUT2D eigenvalue weighted by molar-refractivity contribution is -0.134. The lowest BCUT2D eigenvalue weighted by Gasteiger charge is -1.99. The van der Waals surface area contributed by atoms with E-state index in [9.17, 15) is 14.2 Å². The molecule has 0 rings (SSSR count). The minimum atomic E-state index is -4.50. The molecule has 0 aliphatic heterocycles. The quantitative estimate of drug-likeness (QED) is 0.512. The molecule has 0 saturated heterocycles. The molecule has 3 N–H and O–H groups in total. The highest BCUT2D eigenvalue weighted by Crippen LogP contribution is 2.40. The van der Waals surface area contributed by atoms with Gasteiger partial charge in [-0.3, -0.25) is 9.36 Å². The Hall–Kier alpha value is -0.870. The van der Waals surface area contributed by atoms with Crippen molar-refractivity contribution in [3.63, 3.8) is 0 Å². The van der Waals surface area contributed by atoms with Crippen LogP contribution in [0.5, 0.6) is 0 Å². The average molecular weight is 168 g/mol. The second-order valence-electron chi connectivity index (χ2n) is 1.54. The van der Waals surface area contributed by atoms with Crippen LogP contribution in [0.25, 0.3) is 0 Å². The van der Waals surface area contributed by atoms with Crippen LogP contribution in [0, 0.1) is 0 Å². The van der Waals surface area contributed by atoms with Crippen molar-refractivity contribution >= 4 is 19.0 Å². The molecule has 58 valence electrons. The Balaban J connectivity index is 4.29. The van der Waals surface area contributed by atoms with Gasteiger partial charge in [0.2, 0.25) is 0 Å². The van der Waals surface area contributed by atoms with Crippen LogP contribution in [-0.2, 0) is 9.36 Å². The molecular weight excluding hydrogens is 163 g/mol. The molecule has 10 heavy (non-hydrogen) atoms. The van der Waals surface area contributed by atoms with Gasteiger partial charge in [-0.05, 0) is 0 Å². The van der Waals surface area contributed by atoms with Gasteiger partial charge in [0.1, 0.15) is 6.16 Å². The summed E-state index contributed by atoms with van der Waals surface area (Å²) < 4.78 is 10.3. The third-order valence-corrected chi connectivity index (χ3v) is 1.95. The Bertz CT molecular complexity index is 207. The Morgan fingerprint density at radius 2 is 1.70 bits per heavy atom. The summed E-state index contributed by atoms with van der Waals surface area (Å²) in [5.74, 6) is -1.60. The van der Waals surface area contributed by atoms with Crippen LogP contribution in [-0.4, -0.2) is 32.9 Å². The van der Waals surface area contributed by atoms with E-state index in [-0.39, 0.29) is 0 Å². The molecule has 0 saturated carbocycles. The van der Waals surface area contributed by atoms with Crippen LogP contribution in [0.15, 0.2) is 0 Å². The predicted octanol–water partition coefficient (Wildman–Crippen LogP) is 0.0194. The van der Waals surface area contributed by atoms with Crippen LogP contribution in [0.2, 0.25) is 0 Å². The third kappa shape index (κ3) is 2.61. The fourth-order valence-electron chi connectivity index (χ4n) is 0.251. The average Bonchev–Trinajstić information content (AvgIpc) is 1.60. The molecular formula is C3H5O6P. The maximum atomic E-state index is 10.3. The van der Waals surface area contributed by atoms with Crippen molar-refractivity contribution in [1.82, 2.24) is 0 Å². The molecule has 0 spiro atoms. The molecule has 0 aromatic heterocycles. The van der Waals surface area contributed by atoms with Crippen LogP contribution < -0.4 is 0 Å². The summed E-state index contributed by atoms with van der Waals surface area (Å²) in [4.78, 5) is 27.8. The van der Waals surface area contributed by atoms with E-state index < -0.39 is 25.2 Å². The molecule has 0 heterocycles. The fourth-order valence-corrected chi connectivity index (χ4v) is 0.753. The lowest BCUT2D eigenvalue weighted by atomic mass is 10.8. The van der Waals surface area contributed by atoms with Gasteiger partial charge in [-0.1, -0.05) is 0 Å². The molecule has 0 aliphatic carbocycles. The minimum absolute atomic E-state index is 1.23. The second-order valence-corrected chi connectivity index (χ2v) is 3.64. The summed E-state index contributed by atoms with van der Waals surface area (Å²) in [6.07, 6.45) is -1.23. The van der Waals surface area contributed by atoms with E-state index in [1.807, 2.05) is 0 Å². The van der Waals surface area contributed by atoms with Gasteiger partial charge in [-0.25, -0.2) is 4.79 Å². The zero-order valence-corrected chi connectivity index (χ0v) is 5.62. The standard InChI is InChI=1S/C3H5O6P/c4-2(5)1-10(8,9)3(6)7/h1H2,(H,4,5)(H,6,7)(H,8,9). The monoisotopic (exact) mass is 168 g/mol. The molecule has 0 aromatic carbocycles. The van der Waals surface area contributed by atoms with E-state index in [2.05, 4.69) is 0 Å². The first-order valence-corrected chi connectivity index (χ1v) is 3.98. The van der Waals surface area contributed by atoms with Crippen molar-refractivity contribution in [3.8, 4) is 0 Å². The predicted molar refractivity (Wildman–Crippen MR) is 30.4 cm³/mol. The molecule has 0 bridgehead atoms. The topological polar surface area (TPSA) is 112 Å². The molecule has 1 atom stereocenters. The van der Waals surface area contributed by atoms with Crippen LogP contribution >= 0.6 is 7.37 Å². The van der Waals surface area contributed by atoms with Gasteiger partial charge < -0.3 is 15.1 Å². The molecule has 0 aliphatic rings. The Morgan fingerprint density at radius 1 is 1.30 bits per heavy atom. The van der Waals surface area contributed by atoms with Crippen molar-refractivity contribution in [2.24, 2.45) is 0 Å². The van der Waals surface area contributed by atoms with Gasteiger partial charge in [0.25, 0.3) is 0 Å². The highest BCUT2D eigenvalue weighted by molar-refractivity contribution is 7.75. The van der Waals surface area contributed by atoms with E-state index >= 15 is 0 Å².